The minimum atomic E-state index is -0.658. The Kier molecular flexibility index (Phi) is 4.84. The van der Waals surface area contributed by atoms with Gasteiger partial charge in [0.05, 0.1) is 11.7 Å². The van der Waals surface area contributed by atoms with E-state index < -0.39 is 11.6 Å². The first-order valence-corrected chi connectivity index (χ1v) is 7.77. The van der Waals surface area contributed by atoms with Crippen molar-refractivity contribution in [1.29, 1.82) is 0 Å². The molecule has 0 unspecified atom stereocenters. The van der Waals surface area contributed by atoms with Gasteiger partial charge in [-0.15, -0.1) is 0 Å². The fourth-order valence-corrected chi connectivity index (χ4v) is 2.82. The van der Waals surface area contributed by atoms with Crippen molar-refractivity contribution in [2.24, 2.45) is 0 Å². The van der Waals surface area contributed by atoms with E-state index in [1.54, 1.807) is 0 Å². The van der Waals surface area contributed by atoms with Crippen molar-refractivity contribution in [2.75, 3.05) is 13.1 Å². The van der Waals surface area contributed by atoms with E-state index in [1.165, 1.54) is 18.5 Å². The summed E-state index contributed by atoms with van der Waals surface area (Å²) in [6.07, 6.45) is 3.90. The summed E-state index contributed by atoms with van der Waals surface area (Å²) in [4.78, 5) is 9.94. The molecule has 0 aliphatic carbocycles. The van der Waals surface area contributed by atoms with E-state index >= 15 is 0 Å². The molecule has 0 amide bonds. The Hall–Kier alpha value is -1.63. The Morgan fingerprint density at radius 3 is 2.52 bits per heavy atom. The van der Waals surface area contributed by atoms with E-state index in [-0.39, 0.29) is 22.5 Å². The molecule has 1 N–H and O–H groups in total. The van der Waals surface area contributed by atoms with Crippen LogP contribution in [0.25, 0.3) is 11.3 Å². The van der Waals surface area contributed by atoms with Crippen molar-refractivity contribution in [3.05, 3.63) is 46.9 Å². The Morgan fingerprint density at radius 1 is 1.13 bits per heavy atom. The van der Waals surface area contributed by atoms with Crippen molar-refractivity contribution < 1.29 is 13.9 Å². The van der Waals surface area contributed by atoms with Crippen LogP contribution in [0.2, 0.25) is 5.15 Å². The summed E-state index contributed by atoms with van der Waals surface area (Å²) >= 11 is 5.60. The second kappa shape index (κ2) is 6.86. The van der Waals surface area contributed by atoms with Gasteiger partial charge in [-0.05, 0) is 24.5 Å². The van der Waals surface area contributed by atoms with Gasteiger partial charge in [0.15, 0.2) is 0 Å². The highest BCUT2D eigenvalue weighted by Gasteiger charge is 2.18. The molecule has 3 rings (SSSR count). The second-order valence-electron chi connectivity index (χ2n) is 5.67. The summed E-state index contributed by atoms with van der Waals surface area (Å²) in [5.74, 6) is -1.25. The zero-order valence-corrected chi connectivity index (χ0v) is 13.1. The first kappa shape index (κ1) is 16.2. The average molecular weight is 340 g/mol. The third-order valence-corrected chi connectivity index (χ3v) is 4.14. The largest absolute Gasteiger partial charge is 0.393 e. The van der Waals surface area contributed by atoms with Gasteiger partial charge >= 0.3 is 0 Å². The highest BCUT2D eigenvalue weighted by molar-refractivity contribution is 6.29. The van der Waals surface area contributed by atoms with Crippen LogP contribution in [0, 0.1) is 11.6 Å². The Balaban J connectivity index is 1.78. The van der Waals surface area contributed by atoms with Gasteiger partial charge in [0, 0.05) is 38.1 Å². The molecule has 0 bridgehead atoms. The maximum Gasteiger partial charge on any atom is 0.149 e. The Bertz CT molecular complexity index is 706. The molecule has 0 atom stereocenters. The molecule has 2 aromatic rings. The number of pyridine rings is 2. The molecular weight excluding hydrogens is 324 g/mol. The molecular formula is C16H16ClF2N3O. The van der Waals surface area contributed by atoms with Crippen LogP contribution in [0.3, 0.4) is 0 Å². The standard InChI is InChI=1S/C16H16ClF2N3O/c17-15-6-13(18)12(8-20-15)16-14(19)5-10(7-21-16)9-22-3-1-11(23)2-4-22/h5-8,11,23H,1-4,9H2. The number of likely N-dealkylation sites (tertiary alicyclic amines) is 1. The molecule has 0 aromatic carbocycles. The second-order valence-corrected chi connectivity index (χ2v) is 6.06. The maximum absolute atomic E-state index is 14.3. The van der Waals surface area contributed by atoms with Gasteiger partial charge in [0.25, 0.3) is 0 Å². The minimum Gasteiger partial charge on any atom is -0.393 e. The molecule has 0 spiro atoms. The number of aliphatic hydroxyl groups is 1. The predicted molar refractivity (Wildman–Crippen MR) is 82.9 cm³/mol. The normalized spacial score (nSPS) is 16.7. The van der Waals surface area contributed by atoms with Gasteiger partial charge in [-0.2, -0.15) is 0 Å². The van der Waals surface area contributed by atoms with Gasteiger partial charge in [-0.25, -0.2) is 13.8 Å². The van der Waals surface area contributed by atoms with Crippen LogP contribution < -0.4 is 0 Å². The van der Waals surface area contributed by atoms with Crippen molar-refractivity contribution in [1.82, 2.24) is 14.9 Å². The molecule has 1 aliphatic rings. The number of aliphatic hydroxyl groups excluding tert-OH is 1. The Labute approximate surface area is 137 Å². The van der Waals surface area contributed by atoms with E-state index in [1.807, 2.05) is 0 Å². The predicted octanol–water partition coefficient (Wildman–Crippen LogP) is 3.03. The Morgan fingerprint density at radius 2 is 1.87 bits per heavy atom. The molecule has 1 aliphatic heterocycles. The van der Waals surface area contributed by atoms with Gasteiger partial charge in [0.1, 0.15) is 22.5 Å². The molecule has 0 radical (unpaired) electrons. The average Bonchev–Trinajstić information content (AvgIpc) is 2.51. The molecule has 1 saturated heterocycles. The number of nitrogens with zero attached hydrogens (tertiary/aromatic N) is 3. The van der Waals surface area contributed by atoms with Crippen LogP contribution in [0.4, 0.5) is 8.78 Å². The lowest BCUT2D eigenvalue weighted by molar-refractivity contribution is 0.0791. The molecule has 122 valence electrons. The van der Waals surface area contributed by atoms with Crippen molar-refractivity contribution >= 4 is 11.6 Å². The molecule has 2 aromatic heterocycles. The van der Waals surface area contributed by atoms with E-state index in [2.05, 4.69) is 14.9 Å². The first-order chi connectivity index (χ1) is 11.0. The fourth-order valence-electron chi connectivity index (χ4n) is 2.68. The van der Waals surface area contributed by atoms with Crippen LogP contribution >= 0.6 is 11.6 Å². The summed E-state index contributed by atoms with van der Waals surface area (Å²) < 4.78 is 28.1. The van der Waals surface area contributed by atoms with Gasteiger partial charge in [-0.3, -0.25) is 9.88 Å². The highest BCUT2D eigenvalue weighted by Crippen LogP contribution is 2.25. The zero-order chi connectivity index (χ0) is 16.4. The van der Waals surface area contributed by atoms with E-state index in [0.29, 0.717) is 12.1 Å². The number of hydrogen-bond donors (Lipinski definition) is 1. The van der Waals surface area contributed by atoms with Crippen molar-refractivity contribution in [3.8, 4) is 11.3 Å². The summed E-state index contributed by atoms with van der Waals surface area (Å²) in [5.41, 5.74) is 0.619. The van der Waals surface area contributed by atoms with E-state index in [4.69, 9.17) is 11.6 Å². The van der Waals surface area contributed by atoms with Gasteiger partial charge < -0.3 is 5.11 Å². The van der Waals surface area contributed by atoms with Crippen molar-refractivity contribution in [3.63, 3.8) is 0 Å². The number of halogens is 3. The minimum absolute atomic E-state index is 0.00978. The van der Waals surface area contributed by atoms with Crippen LogP contribution in [-0.4, -0.2) is 39.2 Å². The van der Waals surface area contributed by atoms with Gasteiger partial charge in [-0.1, -0.05) is 11.6 Å². The van der Waals surface area contributed by atoms with Gasteiger partial charge in [0.2, 0.25) is 0 Å². The highest BCUT2D eigenvalue weighted by atomic mass is 35.5. The summed E-state index contributed by atoms with van der Waals surface area (Å²) in [6, 6.07) is 2.40. The quantitative estimate of drug-likeness (QED) is 0.873. The number of rotatable bonds is 3. The third kappa shape index (κ3) is 3.83. The summed E-state index contributed by atoms with van der Waals surface area (Å²) in [6.45, 7) is 2.08. The van der Waals surface area contributed by atoms with E-state index in [0.717, 1.165) is 32.0 Å². The molecule has 0 saturated carbocycles. The fraction of sp³-hybridized carbons (Fsp3) is 0.375. The monoisotopic (exact) mass is 339 g/mol. The molecule has 23 heavy (non-hydrogen) atoms. The SMILES string of the molecule is OC1CCN(Cc2cnc(-c3cnc(Cl)cc3F)c(F)c2)CC1. The lowest BCUT2D eigenvalue weighted by atomic mass is 10.1. The number of aromatic nitrogens is 2. The first-order valence-electron chi connectivity index (χ1n) is 7.39. The summed E-state index contributed by atoms with van der Waals surface area (Å²) in [7, 11) is 0. The molecule has 3 heterocycles. The lowest BCUT2D eigenvalue weighted by Gasteiger charge is -2.29. The summed E-state index contributed by atoms with van der Waals surface area (Å²) in [5, 5.41) is 9.51. The van der Waals surface area contributed by atoms with E-state index in [9.17, 15) is 13.9 Å². The van der Waals surface area contributed by atoms with Crippen LogP contribution in [0.15, 0.2) is 24.5 Å². The van der Waals surface area contributed by atoms with Crippen LogP contribution in [-0.2, 0) is 6.54 Å². The number of hydrogen-bond acceptors (Lipinski definition) is 4. The maximum atomic E-state index is 14.3. The third-order valence-electron chi connectivity index (χ3n) is 3.94. The lowest BCUT2D eigenvalue weighted by Crippen LogP contribution is -2.35. The molecule has 4 nitrogen and oxygen atoms in total. The number of piperidine rings is 1. The van der Waals surface area contributed by atoms with Crippen molar-refractivity contribution in [2.45, 2.75) is 25.5 Å². The smallest absolute Gasteiger partial charge is 0.149 e. The van der Waals surface area contributed by atoms with Crippen LogP contribution in [0.5, 0.6) is 0 Å². The molecule has 7 heteroatoms. The van der Waals surface area contributed by atoms with Crippen LogP contribution in [0.1, 0.15) is 18.4 Å². The molecule has 1 fully saturated rings. The zero-order valence-electron chi connectivity index (χ0n) is 12.3. The topological polar surface area (TPSA) is 49.2 Å².